The molecular formula is C25H36N4O5. The van der Waals surface area contributed by atoms with Crippen molar-refractivity contribution in [2.45, 2.75) is 85.6 Å². The Morgan fingerprint density at radius 3 is 1.12 bits per heavy atom. The standard InChI is InChI=1S/C25H36N4O5/c1-22(2)13-16(26-19(22)30)7-10-25(29(33)34,11-8-17-14-23(3,4)20(31)27-17)12-9-18-15-24(5,6)21(32)28-18/h13-15H,7-12H2,1-6H3,(H,26,30)(H,27,31)(H,28,32). The predicted molar refractivity (Wildman–Crippen MR) is 127 cm³/mol. The molecule has 0 spiro atoms. The highest BCUT2D eigenvalue weighted by Crippen LogP contribution is 2.37. The van der Waals surface area contributed by atoms with Gasteiger partial charge in [-0.3, -0.25) is 24.5 Å². The maximum Gasteiger partial charge on any atom is 0.233 e. The molecule has 0 aromatic carbocycles. The van der Waals surface area contributed by atoms with E-state index in [-0.39, 0.29) is 41.9 Å². The van der Waals surface area contributed by atoms with E-state index in [0.717, 1.165) is 0 Å². The minimum Gasteiger partial charge on any atom is -0.329 e. The van der Waals surface area contributed by atoms with E-state index in [1.165, 1.54) is 0 Å². The molecule has 0 unspecified atom stereocenters. The van der Waals surface area contributed by atoms with Crippen LogP contribution in [0, 0.1) is 26.4 Å². The van der Waals surface area contributed by atoms with Gasteiger partial charge in [0, 0.05) is 41.3 Å². The molecule has 3 rings (SSSR count). The number of hydrogen-bond acceptors (Lipinski definition) is 5. The van der Waals surface area contributed by atoms with Gasteiger partial charge in [0.05, 0.1) is 16.2 Å². The lowest BCUT2D eigenvalue weighted by atomic mass is 9.82. The van der Waals surface area contributed by atoms with Crippen LogP contribution in [0.1, 0.15) is 80.1 Å². The quantitative estimate of drug-likeness (QED) is 0.331. The van der Waals surface area contributed by atoms with Crippen LogP contribution in [-0.4, -0.2) is 28.2 Å². The Bertz CT molecular complexity index is 899. The van der Waals surface area contributed by atoms with E-state index in [9.17, 15) is 24.5 Å². The molecule has 0 atom stereocenters. The molecule has 0 radical (unpaired) electrons. The van der Waals surface area contributed by atoms with Gasteiger partial charge in [0.2, 0.25) is 23.3 Å². The molecule has 0 aromatic rings. The Kier molecular flexibility index (Phi) is 6.54. The molecule has 3 aliphatic rings. The van der Waals surface area contributed by atoms with Crippen molar-refractivity contribution in [2.75, 3.05) is 0 Å². The third-order valence-electron chi connectivity index (χ3n) is 7.15. The Labute approximate surface area is 200 Å². The minimum absolute atomic E-state index is 0.115. The number of nitrogens with one attached hydrogen (secondary N) is 3. The average Bonchev–Trinajstić information content (AvgIpc) is 3.23. The number of hydrogen-bond donors (Lipinski definition) is 3. The van der Waals surface area contributed by atoms with Crippen molar-refractivity contribution >= 4 is 17.7 Å². The van der Waals surface area contributed by atoms with Gasteiger partial charge in [-0.05, 0) is 60.8 Å². The van der Waals surface area contributed by atoms with Gasteiger partial charge in [0.15, 0.2) is 0 Å². The Morgan fingerprint density at radius 1 is 0.676 bits per heavy atom. The fourth-order valence-corrected chi connectivity index (χ4v) is 4.69. The van der Waals surface area contributed by atoms with Crippen LogP contribution in [0.15, 0.2) is 35.3 Å². The number of nitrogens with zero attached hydrogens (tertiary/aromatic N) is 1. The van der Waals surface area contributed by atoms with Crippen molar-refractivity contribution in [3.8, 4) is 0 Å². The van der Waals surface area contributed by atoms with E-state index in [0.29, 0.717) is 36.4 Å². The van der Waals surface area contributed by atoms with E-state index >= 15 is 0 Å². The highest BCUT2D eigenvalue weighted by atomic mass is 16.6. The number of nitro groups is 1. The largest absolute Gasteiger partial charge is 0.329 e. The summed E-state index contributed by atoms with van der Waals surface area (Å²) in [7, 11) is 0. The molecule has 0 aromatic heterocycles. The number of allylic oxidation sites excluding steroid dienone is 3. The van der Waals surface area contributed by atoms with Crippen LogP contribution < -0.4 is 16.0 Å². The van der Waals surface area contributed by atoms with E-state index in [4.69, 9.17) is 0 Å². The zero-order chi connectivity index (χ0) is 25.5. The second-order valence-corrected chi connectivity index (χ2v) is 11.5. The first-order chi connectivity index (χ1) is 15.6. The fraction of sp³-hybridized carbons (Fsp3) is 0.640. The van der Waals surface area contributed by atoms with Crippen LogP contribution in [-0.2, 0) is 14.4 Å². The summed E-state index contributed by atoms with van der Waals surface area (Å²) in [5.74, 6) is -0.344. The molecular weight excluding hydrogens is 436 g/mol. The Hall–Kier alpha value is -2.97. The van der Waals surface area contributed by atoms with Gasteiger partial charge in [-0.25, -0.2) is 0 Å². The van der Waals surface area contributed by atoms with E-state index in [1.807, 2.05) is 59.8 Å². The molecule has 186 valence electrons. The summed E-state index contributed by atoms with van der Waals surface area (Å²) in [5, 5.41) is 21.0. The number of amides is 3. The van der Waals surface area contributed by atoms with Gasteiger partial charge in [-0.15, -0.1) is 0 Å². The van der Waals surface area contributed by atoms with Gasteiger partial charge < -0.3 is 16.0 Å². The summed E-state index contributed by atoms with van der Waals surface area (Å²) in [6, 6.07) is 0. The first-order valence-corrected chi connectivity index (χ1v) is 11.8. The van der Waals surface area contributed by atoms with Crippen molar-refractivity contribution < 1.29 is 19.3 Å². The van der Waals surface area contributed by atoms with Gasteiger partial charge in [0.1, 0.15) is 0 Å². The van der Waals surface area contributed by atoms with Crippen molar-refractivity contribution in [2.24, 2.45) is 16.2 Å². The van der Waals surface area contributed by atoms with Crippen LogP contribution in [0.3, 0.4) is 0 Å². The zero-order valence-electron chi connectivity index (χ0n) is 21.0. The number of carbonyl (C=O) groups excluding carboxylic acids is 3. The molecule has 0 fully saturated rings. The molecule has 0 saturated heterocycles. The van der Waals surface area contributed by atoms with Crippen LogP contribution in [0.5, 0.6) is 0 Å². The molecule has 3 heterocycles. The molecule has 0 saturated carbocycles. The first kappa shape index (κ1) is 25.6. The van der Waals surface area contributed by atoms with Gasteiger partial charge in [0.25, 0.3) is 0 Å². The van der Waals surface area contributed by atoms with Crippen molar-refractivity contribution in [3.63, 3.8) is 0 Å². The summed E-state index contributed by atoms with van der Waals surface area (Å²) in [4.78, 5) is 48.7. The molecule has 34 heavy (non-hydrogen) atoms. The smallest absolute Gasteiger partial charge is 0.233 e. The molecule has 3 amide bonds. The minimum atomic E-state index is -1.28. The molecule has 3 aliphatic heterocycles. The normalized spacial score (nSPS) is 22.5. The number of rotatable bonds is 10. The second kappa shape index (κ2) is 8.67. The topological polar surface area (TPSA) is 130 Å². The van der Waals surface area contributed by atoms with Crippen LogP contribution in [0.2, 0.25) is 0 Å². The molecule has 9 nitrogen and oxygen atoms in total. The molecule has 9 heteroatoms. The maximum absolute atomic E-state index is 12.5. The SMILES string of the molecule is CC1(C)C=C(CCC(CCC2=CC(C)(C)C(=O)N2)(CCC2=CC(C)(C)C(=O)N2)[N+](=O)[O-])NC1=O. The lowest BCUT2D eigenvalue weighted by Gasteiger charge is -2.26. The van der Waals surface area contributed by atoms with Crippen molar-refractivity contribution in [3.05, 3.63) is 45.4 Å². The third kappa shape index (κ3) is 5.23. The van der Waals surface area contributed by atoms with Crippen LogP contribution in [0.25, 0.3) is 0 Å². The lowest BCUT2D eigenvalue weighted by molar-refractivity contribution is -0.573. The highest BCUT2D eigenvalue weighted by Gasteiger charge is 2.45. The van der Waals surface area contributed by atoms with Crippen LogP contribution in [0.4, 0.5) is 0 Å². The monoisotopic (exact) mass is 472 g/mol. The average molecular weight is 473 g/mol. The molecule has 3 N–H and O–H groups in total. The Morgan fingerprint density at radius 2 is 0.941 bits per heavy atom. The lowest BCUT2D eigenvalue weighted by Crippen LogP contribution is -2.40. The zero-order valence-corrected chi connectivity index (χ0v) is 21.0. The predicted octanol–water partition coefficient (Wildman–Crippen LogP) is 3.46. The summed E-state index contributed by atoms with van der Waals surface area (Å²) < 4.78 is 0. The van der Waals surface area contributed by atoms with Crippen LogP contribution >= 0.6 is 0 Å². The molecule has 0 bridgehead atoms. The van der Waals surface area contributed by atoms with E-state index in [1.54, 1.807) is 0 Å². The van der Waals surface area contributed by atoms with Gasteiger partial charge in [-0.2, -0.15) is 0 Å². The summed E-state index contributed by atoms with van der Waals surface area (Å²) in [6.45, 7) is 10.9. The van der Waals surface area contributed by atoms with Gasteiger partial charge >= 0.3 is 0 Å². The van der Waals surface area contributed by atoms with Crippen molar-refractivity contribution in [1.29, 1.82) is 0 Å². The molecule has 0 aliphatic carbocycles. The maximum atomic E-state index is 12.5. The first-order valence-electron chi connectivity index (χ1n) is 11.8. The fourth-order valence-electron chi connectivity index (χ4n) is 4.69. The van der Waals surface area contributed by atoms with E-state index in [2.05, 4.69) is 16.0 Å². The van der Waals surface area contributed by atoms with Crippen molar-refractivity contribution in [1.82, 2.24) is 16.0 Å². The summed E-state index contributed by atoms with van der Waals surface area (Å²) >= 11 is 0. The number of carbonyl (C=O) groups is 3. The Balaban J connectivity index is 1.79. The summed E-state index contributed by atoms with van der Waals surface area (Å²) in [5.41, 5.74) is -1.10. The third-order valence-corrected chi connectivity index (χ3v) is 7.15. The van der Waals surface area contributed by atoms with E-state index < -0.39 is 21.8 Å². The van der Waals surface area contributed by atoms with Gasteiger partial charge in [-0.1, -0.05) is 18.2 Å². The highest BCUT2D eigenvalue weighted by molar-refractivity contribution is 5.89. The summed E-state index contributed by atoms with van der Waals surface area (Å²) in [6.07, 6.45) is 7.31. The second-order valence-electron chi connectivity index (χ2n) is 11.5.